The van der Waals surface area contributed by atoms with Crippen LogP contribution in [0.3, 0.4) is 0 Å². The van der Waals surface area contributed by atoms with Gasteiger partial charge < -0.3 is 4.52 Å². The van der Waals surface area contributed by atoms with Gasteiger partial charge in [0.25, 0.3) is 0 Å². The topological polar surface area (TPSA) is 44.8 Å². The molecule has 102 valence electrons. The number of hydrogen-bond acceptors (Lipinski definition) is 4. The molecule has 0 heterocycles. The van der Waals surface area contributed by atoms with Gasteiger partial charge in [-0.1, -0.05) is 27.5 Å². The first-order valence-electron chi connectivity index (χ1n) is 5.47. The maximum absolute atomic E-state index is 12.2. The maximum atomic E-state index is 12.2. The molecule has 0 aromatic heterocycles. The largest absolute Gasteiger partial charge is 0.530 e. The lowest BCUT2D eigenvalue weighted by Gasteiger charge is -2.17. The molecule has 0 aliphatic rings. The summed E-state index contributed by atoms with van der Waals surface area (Å²) in [6, 6.07) is 5.00. The molecular weight excluding hydrogens is 342 g/mol. The summed E-state index contributed by atoms with van der Waals surface area (Å²) in [6.45, 7) is 3.94. The number of halogens is 2. The fraction of sp³-hybridized carbons (Fsp3) is 0.455. The Morgan fingerprint density at radius 2 is 1.89 bits per heavy atom. The number of phosphoric acid groups is 1. The summed E-state index contributed by atoms with van der Waals surface area (Å²) in [7, 11) is -3.55. The van der Waals surface area contributed by atoms with Crippen molar-refractivity contribution in [2.45, 2.75) is 19.2 Å². The molecule has 1 aromatic carbocycles. The van der Waals surface area contributed by atoms with Crippen LogP contribution < -0.4 is 4.52 Å². The van der Waals surface area contributed by atoms with Gasteiger partial charge in [0.1, 0.15) is 5.75 Å². The van der Waals surface area contributed by atoms with Gasteiger partial charge in [0.2, 0.25) is 0 Å². The number of hydrogen-bond donors (Lipinski definition) is 0. The molecule has 0 amide bonds. The van der Waals surface area contributed by atoms with Crippen molar-refractivity contribution in [3.63, 3.8) is 0 Å². The quantitative estimate of drug-likeness (QED) is 0.519. The Labute approximate surface area is 120 Å². The van der Waals surface area contributed by atoms with E-state index < -0.39 is 7.82 Å². The van der Waals surface area contributed by atoms with E-state index >= 15 is 0 Å². The predicted octanol–water partition coefficient (Wildman–Crippen LogP) is 4.79. The zero-order valence-electron chi connectivity index (χ0n) is 10.2. The molecule has 0 radical (unpaired) electrons. The average molecular weight is 358 g/mol. The normalized spacial score (nSPS) is 11.6. The lowest BCUT2D eigenvalue weighted by Crippen LogP contribution is -2.02. The SMILES string of the molecule is CCOP(=O)(OCC)Oc1ccc(Cl)c(CBr)c1. The molecule has 0 aliphatic carbocycles. The molecule has 0 spiro atoms. The summed E-state index contributed by atoms with van der Waals surface area (Å²) in [5.74, 6) is 0.402. The van der Waals surface area contributed by atoms with E-state index in [0.29, 0.717) is 16.1 Å². The van der Waals surface area contributed by atoms with Gasteiger partial charge in [0.15, 0.2) is 0 Å². The highest BCUT2D eigenvalue weighted by atomic mass is 79.9. The van der Waals surface area contributed by atoms with E-state index in [9.17, 15) is 4.57 Å². The van der Waals surface area contributed by atoms with Gasteiger partial charge >= 0.3 is 7.82 Å². The van der Waals surface area contributed by atoms with Gasteiger partial charge in [-0.25, -0.2) is 4.57 Å². The van der Waals surface area contributed by atoms with Crippen LogP contribution in [0.4, 0.5) is 0 Å². The first-order valence-corrected chi connectivity index (χ1v) is 8.43. The van der Waals surface area contributed by atoms with Crippen LogP contribution in [0.5, 0.6) is 5.75 Å². The van der Waals surface area contributed by atoms with Crippen LogP contribution in [0.15, 0.2) is 18.2 Å². The maximum Gasteiger partial charge on any atom is 0.530 e. The minimum atomic E-state index is -3.55. The minimum absolute atomic E-state index is 0.246. The molecule has 18 heavy (non-hydrogen) atoms. The Balaban J connectivity index is 2.90. The number of alkyl halides is 1. The Morgan fingerprint density at radius 1 is 1.28 bits per heavy atom. The Morgan fingerprint density at radius 3 is 2.39 bits per heavy atom. The van der Waals surface area contributed by atoms with Crippen LogP contribution in [0, 0.1) is 0 Å². The van der Waals surface area contributed by atoms with Crippen molar-refractivity contribution in [2.24, 2.45) is 0 Å². The summed E-state index contributed by atoms with van der Waals surface area (Å²) >= 11 is 9.28. The van der Waals surface area contributed by atoms with Crippen molar-refractivity contribution < 1.29 is 18.1 Å². The van der Waals surface area contributed by atoms with Crippen LogP contribution in [0.25, 0.3) is 0 Å². The molecule has 0 atom stereocenters. The molecular formula is C11H15BrClO4P. The van der Waals surface area contributed by atoms with Gasteiger partial charge in [0, 0.05) is 10.4 Å². The highest BCUT2D eigenvalue weighted by Gasteiger charge is 2.27. The van der Waals surface area contributed by atoms with Crippen molar-refractivity contribution in [1.82, 2.24) is 0 Å². The fourth-order valence-corrected chi connectivity index (χ4v) is 3.24. The smallest absolute Gasteiger partial charge is 0.404 e. The summed E-state index contributed by atoms with van der Waals surface area (Å²) in [5.41, 5.74) is 0.841. The van der Waals surface area contributed by atoms with E-state index in [-0.39, 0.29) is 13.2 Å². The molecule has 0 bridgehead atoms. The molecule has 1 aromatic rings. The average Bonchev–Trinajstić information content (AvgIpc) is 2.32. The second-order valence-electron chi connectivity index (χ2n) is 3.26. The third-order valence-electron chi connectivity index (χ3n) is 1.95. The Hall–Kier alpha value is -0.0600. The highest BCUT2D eigenvalue weighted by Crippen LogP contribution is 2.49. The van der Waals surface area contributed by atoms with Crippen molar-refractivity contribution in [1.29, 1.82) is 0 Å². The predicted molar refractivity (Wildman–Crippen MR) is 75.6 cm³/mol. The monoisotopic (exact) mass is 356 g/mol. The van der Waals surface area contributed by atoms with E-state index in [1.54, 1.807) is 32.0 Å². The molecule has 0 aliphatic heterocycles. The number of rotatable bonds is 7. The van der Waals surface area contributed by atoms with Crippen molar-refractivity contribution in [2.75, 3.05) is 13.2 Å². The van der Waals surface area contributed by atoms with Gasteiger partial charge in [-0.15, -0.1) is 0 Å². The number of phosphoric ester groups is 1. The van der Waals surface area contributed by atoms with E-state index in [1.165, 1.54) is 0 Å². The van der Waals surface area contributed by atoms with Crippen LogP contribution in [0.1, 0.15) is 19.4 Å². The van der Waals surface area contributed by atoms with Crippen molar-refractivity contribution in [3.8, 4) is 5.75 Å². The lowest BCUT2D eigenvalue weighted by atomic mass is 10.2. The molecule has 7 heteroatoms. The van der Waals surface area contributed by atoms with Crippen LogP contribution in [-0.2, 0) is 18.9 Å². The van der Waals surface area contributed by atoms with E-state index in [1.807, 2.05) is 0 Å². The zero-order valence-corrected chi connectivity index (χ0v) is 13.4. The third kappa shape index (κ3) is 4.56. The lowest BCUT2D eigenvalue weighted by molar-refractivity contribution is 0.167. The van der Waals surface area contributed by atoms with Gasteiger partial charge in [0.05, 0.1) is 13.2 Å². The van der Waals surface area contributed by atoms with Crippen molar-refractivity contribution in [3.05, 3.63) is 28.8 Å². The fourth-order valence-electron chi connectivity index (χ4n) is 1.25. The van der Waals surface area contributed by atoms with Crippen LogP contribution >= 0.6 is 35.4 Å². The van der Waals surface area contributed by atoms with Crippen LogP contribution in [0.2, 0.25) is 5.02 Å². The van der Waals surface area contributed by atoms with Gasteiger partial charge in [-0.3, -0.25) is 9.05 Å². The first kappa shape index (κ1) is 16.0. The highest BCUT2D eigenvalue weighted by molar-refractivity contribution is 9.08. The Kier molecular flexibility index (Phi) is 6.67. The van der Waals surface area contributed by atoms with Crippen LogP contribution in [-0.4, -0.2) is 13.2 Å². The summed E-state index contributed by atoms with van der Waals surface area (Å²) in [4.78, 5) is 0. The molecule has 0 unspecified atom stereocenters. The van der Waals surface area contributed by atoms with E-state index in [4.69, 9.17) is 25.2 Å². The summed E-state index contributed by atoms with van der Waals surface area (Å²) < 4.78 is 27.6. The molecule has 4 nitrogen and oxygen atoms in total. The molecule has 0 N–H and O–H groups in total. The molecule has 0 fully saturated rings. The van der Waals surface area contributed by atoms with Gasteiger partial charge in [-0.05, 0) is 37.6 Å². The zero-order chi connectivity index (χ0) is 13.6. The molecule has 0 saturated heterocycles. The summed E-state index contributed by atoms with van der Waals surface area (Å²) in [5, 5.41) is 1.19. The molecule has 0 saturated carbocycles. The minimum Gasteiger partial charge on any atom is -0.404 e. The standard InChI is InChI=1S/C11H15BrClO4P/c1-3-15-18(14,16-4-2)17-10-5-6-11(13)9(7-10)8-12/h5-7H,3-4,8H2,1-2H3. The van der Waals surface area contributed by atoms with Crippen molar-refractivity contribution >= 4 is 35.4 Å². The number of benzene rings is 1. The molecule has 1 rings (SSSR count). The third-order valence-corrected chi connectivity index (χ3v) is 4.51. The van der Waals surface area contributed by atoms with Gasteiger partial charge in [-0.2, -0.15) is 0 Å². The second-order valence-corrected chi connectivity index (χ2v) is 5.82. The van der Waals surface area contributed by atoms with E-state index in [0.717, 1.165) is 5.56 Å². The van der Waals surface area contributed by atoms with E-state index in [2.05, 4.69) is 15.9 Å². The first-order chi connectivity index (χ1) is 8.54. The Bertz CT molecular complexity index is 431. The second kappa shape index (κ2) is 7.51. The summed E-state index contributed by atoms with van der Waals surface area (Å²) in [6.07, 6.45) is 0.